The molecule has 0 bridgehead atoms. The lowest BCUT2D eigenvalue weighted by Crippen LogP contribution is -2.34. The Kier molecular flexibility index (Phi) is 7.15. The SMILES string of the molecule is CC(C)CCN(CCC(C)C)S(=O)(=O)c1ccc([N+](=O)[O-])cc1. The van der Waals surface area contributed by atoms with Crippen molar-refractivity contribution >= 4 is 15.7 Å². The second-order valence-electron chi connectivity index (χ2n) is 6.52. The zero-order valence-corrected chi connectivity index (χ0v) is 15.0. The third kappa shape index (κ3) is 5.91. The maximum Gasteiger partial charge on any atom is 0.269 e. The number of sulfonamides is 1. The first kappa shape index (κ1) is 19.6. The Morgan fingerprint density at radius 2 is 1.43 bits per heavy atom. The Hall–Kier alpha value is -1.47. The van der Waals surface area contributed by atoms with Gasteiger partial charge in [0.1, 0.15) is 0 Å². The summed E-state index contributed by atoms with van der Waals surface area (Å²) in [6.45, 7) is 9.14. The molecule has 1 aromatic carbocycles. The van der Waals surface area contributed by atoms with Crippen molar-refractivity contribution in [1.29, 1.82) is 0 Å². The highest BCUT2D eigenvalue weighted by Gasteiger charge is 2.25. The van der Waals surface area contributed by atoms with Gasteiger partial charge in [-0.15, -0.1) is 0 Å². The van der Waals surface area contributed by atoms with E-state index in [9.17, 15) is 18.5 Å². The summed E-state index contributed by atoms with van der Waals surface area (Å²) in [6, 6.07) is 5.09. The highest BCUT2D eigenvalue weighted by atomic mass is 32.2. The molecule has 0 aliphatic heterocycles. The molecule has 1 aromatic rings. The van der Waals surface area contributed by atoms with Crippen LogP contribution < -0.4 is 0 Å². The second kappa shape index (κ2) is 8.40. The molecule has 0 N–H and O–H groups in total. The molecule has 23 heavy (non-hydrogen) atoms. The van der Waals surface area contributed by atoms with Crippen molar-refractivity contribution in [3.63, 3.8) is 0 Å². The number of rotatable bonds is 9. The van der Waals surface area contributed by atoms with Crippen LogP contribution >= 0.6 is 0 Å². The molecule has 0 aromatic heterocycles. The average Bonchev–Trinajstić information content (AvgIpc) is 2.46. The van der Waals surface area contributed by atoms with Gasteiger partial charge in [-0.2, -0.15) is 4.31 Å². The van der Waals surface area contributed by atoms with Gasteiger partial charge in [0.05, 0.1) is 9.82 Å². The fraction of sp³-hybridized carbons (Fsp3) is 0.625. The van der Waals surface area contributed by atoms with Crippen molar-refractivity contribution in [2.45, 2.75) is 45.4 Å². The van der Waals surface area contributed by atoms with Gasteiger partial charge in [0.2, 0.25) is 10.0 Å². The van der Waals surface area contributed by atoms with Crippen LogP contribution in [-0.2, 0) is 10.0 Å². The molecule has 0 aliphatic carbocycles. The summed E-state index contributed by atoms with van der Waals surface area (Å²) in [4.78, 5) is 10.3. The van der Waals surface area contributed by atoms with E-state index in [1.165, 1.54) is 28.6 Å². The predicted molar refractivity (Wildman–Crippen MR) is 90.8 cm³/mol. The first-order valence-electron chi connectivity index (χ1n) is 7.89. The third-order valence-electron chi connectivity index (χ3n) is 3.60. The quantitative estimate of drug-likeness (QED) is 0.506. The van der Waals surface area contributed by atoms with E-state index in [-0.39, 0.29) is 10.6 Å². The summed E-state index contributed by atoms with van der Waals surface area (Å²) in [5.74, 6) is 0.812. The minimum Gasteiger partial charge on any atom is -0.258 e. The lowest BCUT2D eigenvalue weighted by molar-refractivity contribution is -0.384. The molecule has 0 heterocycles. The minimum absolute atomic E-state index is 0.107. The number of nitro benzene ring substituents is 1. The number of hydrogen-bond donors (Lipinski definition) is 0. The third-order valence-corrected chi connectivity index (χ3v) is 5.51. The lowest BCUT2D eigenvalue weighted by Gasteiger charge is -2.24. The van der Waals surface area contributed by atoms with Gasteiger partial charge < -0.3 is 0 Å². The molecule has 0 saturated carbocycles. The molecule has 7 heteroatoms. The van der Waals surface area contributed by atoms with Gasteiger partial charge in [-0.3, -0.25) is 10.1 Å². The van der Waals surface area contributed by atoms with Crippen molar-refractivity contribution in [1.82, 2.24) is 4.31 Å². The van der Waals surface area contributed by atoms with Gasteiger partial charge in [0, 0.05) is 25.2 Å². The Balaban J connectivity index is 3.02. The summed E-state index contributed by atoms with van der Waals surface area (Å²) in [5.41, 5.74) is -0.111. The van der Waals surface area contributed by atoms with E-state index in [0.717, 1.165) is 12.8 Å². The normalized spacial score (nSPS) is 12.3. The van der Waals surface area contributed by atoms with Crippen LogP contribution in [0.3, 0.4) is 0 Å². The standard InChI is InChI=1S/C16H26N2O4S/c1-13(2)9-11-17(12-10-14(3)4)23(21,22)16-7-5-15(6-8-16)18(19)20/h5-8,13-14H,9-12H2,1-4H3. The highest BCUT2D eigenvalue weighted by Crippen LogP contribution is 2.21. The smallest absolute Gasteiger partial charge is 0.258 e. The Bertz CT molecular complexity index is 597. The van der Waals surface area contributed by atoms with Gasteiger partial charge in [0.15, 0.2) is 0 Å². The molecule has 0 fully saturated rings. The van der Waals surface area contributed by atoms with Crippen molar-refractivity contribution in [3.05, 3.63) is 34.4 Å². The topological polar surface area (TPSA) is 80.5 Å². The number of nitro groups is 1. The van der Waals surface area contributed by atoms with Crippen molar-refractivity contribution in [2.24, 2.45) is 11.8 Å². The van der Waals surface area contributed by atoms with Crippen molar-refractivity contribution in [3.8, 4) is 0 Å². The number of benzene rings is 1. The molecule has 0 spiro atoms. The maximum atomic E-state index is 12.8. The van der Waals surface area contributed by atoms with Gasteiger partial charge >= 0.3 is 0 Å². The average molecular weight is 342 g/mol. The summed E-state index contributed by atoms with van der Waals surface area (Å²) >= 11 is 0. The van der Waals surface area contributed by atoms with E-state index < -0.39 is 14.9 Å². The van der Waals surface area contributed by atoms with Crippen LogP contribution in [0.4, 0.5) is 5.69 Å². The van der Waals surface area contributed by atoms with Gasteiger partial charge in [-0.1, -0.05) is 27.7 Å². The second-order valence-corrected chi connectivity index (χ2v) is 8.46. The molecular weight excluding hydrogens is 316 g/mol. The van der Waals surface area contributed by atoms with Crippen LogP contribution in [0.2, 0.25) is 0 Å². The van der Waals surface area contributed by atoms with E-state index in [1.807, 2.05) is 0 Å². The Morgan fingerprint density at radius 3 is 1.78 bits per heavy atom. The molecule has 0 amide bonds. The zero-order valence-electron chi connectivity index (χ0n) is 14.2. The minimum atomic E-state index is -3.62. The molecule has 0 saturated heterocycles. The molecule has 0 unspecified atom stereocenters. The Labute approximate surface area is 138 Å². The molecule has 0 aliphatic rings. The van der Waals surface area contributed by atoms with E-state index in [0.29, 0.717) is 24.9 Å². The fourth-order valence-corrected chi connectivity index (χ4v) is 3.52. The number of non-ortho nitro benzene ring substituents is 1. The van der Waals surface area contributed by atoms with E-state index in [1.54, 1.807) is 0 Å². The molecule has 6 nitrogen and oxygen atoms in total. The highest BCUT2D eigenvalue weighted by molar-refractivity contribution is 7.89. The summed E-state index contributed by atoms with van der Waals surface area (Å²) < 4.78 is 27.1. The maximum absolute atomic E-state index is 12.8. The van der Waals surface area contributed by atoms with Crippen LogP contribution in [-0.4, -0.2) is 30.7 Å². The number of hydrogen-bond acceptors (Lipinski definition) is 4. The van der Waals surface area contributed by atoms with Gasteiger partial charge in [-0.05, 0) is 36.8 Å². The molecular formula is C16H26N2O4S. The fourth-order valence-electron chi connectivity index (χ4n) is 2.05. The predicted octanol–water partition coefficient (Wildman–Crippen LogP) is 3.68. The lowest BCUT2D eigenvalue weighted by atomic mass is 10.1. The molecule has 130 valence electrons. The Morgan fingerprint density at radius 1 is 1.00 bits per heavy atom. The van der Waals surface area contributed by atoms with Gasteiger partial charge in [0.25, 0.3) is 5.69 Å². The van der Waals surface area contributed by atoms with Gasteiger partial charge in [-0.25, -0.2) is 8.42 Å². The van der Waals surface area contributed by atoms with Crippen LogP contribution in [0.5, 0.6) is 0 Å². The summed E-state index contributed by atoms with van der Waals surface area (Å²) in [7, 11) is -3.62. The molecule has 0 atom stereocenters. The summed E-state index contributed by atoms with van der Waals surface area (Å²) in [6.07, 6.45) is 1.56. The monoisotopic (exact) mass is 342 g/mol. The largest absolute Gasteiger partial charge is 0.269 e. The van der Waals surface area contributed by atoms with Crippen molar-refractivity contribution in [2.75, 3.05) is 13.1 Å². The van der Waals surface area contributed by atoms with Crippen LogP contribution in [0.25, 0.3) is 0 Å². The van der Waals surface area contributed by atoms with E-state index in [2.05, 4.69) is 27.7 Å². The molecule has 0 radical (unpaired) electrons. The first-order chi connectivity index (χ1) is 10.6. The van der Waals surface area contributed by atoms with Crippen molar-refractivity contribution < 1.29 is 13.3 Å². The van der Waals surface area contributed by atoms with E-state index >= 15 is 0 Å². The van der Waals surface area contributed by atoms with Crippen LogP contribution in [0.1, 0.15) is 40.5 Å². The summed E-state index contributed by atoms with van der Waals surface area (Å²) in [5, 5.41) is 10.7. The first-order valence-corrected chi connectivity index (χ1v) is 9.33. The van der Waals surface area contributed by atoms with E-state index in [4.69, 9.17) is 0 Å². The zero-order chi connectivity index (χ0) is 17.6. The van der Waals surface area contributed by atoms with Crippen LogP contribution in [0.15, 0.2) is 29.2 Å². The number of nitrogens with zero attached hydrogens (tertiary/aromatic N) is 2. The molecule has 1 rings (SSSR count). The van der Waals surface area contributed by atoms with Crippen LogP contribution in [0, 0.1) is 22.0 Å².